The van der Waals surface area contributed by atoms with Crippen molar-refractivity contribution in [3.05, 3.63) is 0 Å². The van der Waals surface area contributed by atoms with Crippen molar-refractivity contribution in [3.8, 4) is 0 Å². The Morgan fingerprint density at radius 1 is 0.706 bits per heavy atom. The second-order valence-corrected chi connectivity index (χ2v) is 9.78. The van der Waals surface area contributed by atoms with E-state index < -0.39 is 0 Å². The molecule has 0 aliphatic rings. The Kier molecular flexibility index (Phi) is 17.9. The summed E-state index contributed by atoms with van der Waals surface area (Å²) in [7, 11) is 0. The Morgan fingerprint density at radius 3 is 1.47 bits per heavy atom. The molecule has 0 aliphatic carbocycles. The van der Waals surface area contributed by atoms with Crippen LogP contribution in [-0.2, 0) is 4.74 Å². The third-order valence-electron chi connectivity index (χ3n) is 2.40. The fraction of sp³-hybridized carbons (Fsp3) is 1.00. The quantitative estimate of drug-likeness (QED) is 0.143. The molecule has 0 aromatic rings. The van der Waals surface area contributed by atoms with E-state index in [2.05, 4.69) is 90.4 Å². The van der Waals surface area contributed by atoms with Gasteiger partial charge in [0.1, 0.15) is 0 Å². The molecule has 0 spiro atoms. The zero-order chi connectivity index (χ0) is 12.9. The average molecular weight is 690 g/mol. The van der Waals surface area contributed by atoms with Crippen LogP contribution in [0.3, 0.4) is 0 Å². The first-order valence-electron chi connectivity index (χ1n) is 6.18. The Bertz CT molecular complexity index is 141. The second kappa shape index (κ2) is 15.3. The van der Waals surface area contributed by atoms with E-state index in [-0.39, 0.29) is 0 Å². The van der Waals surface area contributed by atoms with Gasteiger partial charge in [0.05, 0.1) is 13.2 Å². The molecule has 0 saturated carbocycles. The molecule has 17 heavy (non-hydrogen) atoms. The Hall–Kier alpha value is 2.88. The van der Waals surface area contributed by atoms with E-state index in [1.807, 2.05) is 0 Å². The lowest BCUT2D eigenvalue weighted by molar-refractivity contribution is 0.138. The van der Waals surface area contributed by atoms with Gasteiger partial charge in [-0.15, -0.1) is 0 Å². The van der Waals surface area contributed by atoms with E-state index in [1.165, 1.54) is 47.4 Å². The molecule has 0 amide bonds. The first-order valence-corrected chi connectivity index (χ1v) is 11.7. The Balaban J connectivity index is 3.29. The summed E-state index contributed by atoms with van der Waals surface area (Å²) < 4.78 is 9.78. The summed E-state index contributed by atoms with van der Waals surface area (Å²) in [6, 6.07) is 0. The van der Waals surface area contributed by atoms with Crippen molar-refractivity contribution in [1.29, 1.82) is 0 Å². The van der Waals surface area contributed by atoms with Crippen molar-refractivity contribution in [3.63, 3.8) is 0 Å². The van der Waals surface area contributed by atoms with Gasteiger partial charge < -0.3 is 4.74 Å². The highest BCUT2D eigenvalue weighted by Gasteiger charge is 2.07. The summed E-state index contributed by atoms with van der Waals surface area (Å²) in [4.78, 5) is 0. The number of ether oxygens (including phenoxy) is 1. The first kappa shape index (κ1) is 19.9. The van der Waals surface area contributed by atoms with E-state index >= 15 is 0 Å². The molecule has 2 unspecified atom stereocenters. The molecule has 0 fully saturated rings. The smallest absolute Gasteiger partial charge is 0.0584 e. The molecule has 0 radical (unpaired) electrons. The highest BCUT2D eigenvalue weighted by molar-refractivity contribution is 14.1. The maximum atomic E-state index is 5.80. The highest BCUT2D eigenvalue weighted by Crippen LogP contribution is 2.15. The van der Waals surface area contributed by atoms with E-state index in [9.17, 15) is 0 Å². The van der Waals surface area contributed by atoms with Crippen LogP contribution in [0.1, 0.15) is 38.5 Å². The molecule has 0 aliphatic heterocycles. The van der Waals surface area contributed by atoms with Gasteiger partial charge in [-0.05, 0) is 34.5 Å². The van der Waals surface area contributed by atoms with Crippen LogP contribution in [0.5, 0.6) is 0 Å². The summed E-state index contributed by atoms with van der Waals surface area (Å²) >= 11 is 9.97. The zero-order valence-corrected chi connectivity index (χ0v) is 18.8. The third kappa shape index (κ3) is 15.1. The first-order chi connectivity index (χ1) is 8.20. The highest BCUT2D eigenvalue weighted by atomic mass is 127. The number of rotatable bonds is 12. The Morgan fingerprint density at radius 2 is 1.12 bits per heavy atom. The summed E-state index contributed by atoms with van der Waals surface area (Å²) in [6.45, 7) is 1.88. The number of hydrogen-bond donors (Lipinski definition) is 0. The largest absolute Gasteiger partial charge is 0.379 e. The van der Waals surface area contributed by atoms with Crippen LogP contribution < -0.4 is 0 Å². The van der Waals surface area contributed by atoms with E-state index in [0.717, 1.165) is 13.2 Å². The number of unbranched alkanes of at least 4 members (excludes halogenated alkanes) is 2. The fourth-order valence-corrected chi connectivity index (χ4v) is 3.88. The molecule has 0 rings (SSSR count). The van der Waals surface area contributed by atoms with Gasteiger partial charge in [-0.2, -0.15) is 0 Å². The lowest BCUT2D eigenvalue weighted by Gasteiger charge is -2.13. The van der Waals surface area contributed by atoms with E-state index in [1.54, 1.807) is 0 Å². The second-order valence-electron chi connectivity index (χ2n) is 4.10. The van der Waals surface area contributed by atoms with Gasteiger partial charge in [0.2, 0.25) is 0 Å². The van der Waals surface area contributed by atoms with Crippen molar-refractivity contribution in [2.45, 2.75) is 46.4 Å². The van der Waals surface area contributed by atoms with Crippen molar-refractivity contribution in [2.75, 3.05) is 22.1 Å². The van der Waals surface area contributed by atoms with E-state index in [4.69, 9.17) is 4.74 Å². The summed E-state index contributed by atoms with van der Waals surface area (Å²) in [5, 5.41) is 0. The van der Waals surface area contributed by atoms with Gasteiger partial charge >= 0.3 is 0 Å². The van der Waals surface area contributed by atoms with Crippen molar-refractivity contribution in [1.82, 2.24) is 0 Å². The lowest BCUT2D eigenvalue weighted by atomic mass is 10.2. The molecule has 0 aromatic carbocycles. The maximum Gasteiger partial charge on any atom is 0.0584 e. The van der Waals surface area contributed by atoms with Crippen LogP contribution >= 0.6 is 90.4 Å². The summed E-state index contributed by atoms with van der Waals surface area (Å²) in [5.74, 6) is 0. The molecule has 0 N–H and O–H groups in total. The molecule has 0 saturated heterocycles. The summed E-state index contributed by atoms with van der Waals surface area (Å²) in [5.41, 5.74) is 0. The van der Waals surface area contributed by atoms with Gasteiger partial charge in [0.25, 0.3) is 0 Å². The molecular formula is C12H22I4O. The van der Waals surface area contributed by atoms with Crippen LogP contribution in [0, 0.1) is 0 Å². The van der Waals surface area contributed by atoms with Crippen molar-refractivity contribution < 1.29 is 4.74 Å². The van der Waals surface area contributed by atoms with Gasteiger partial charge in [-0.1, -0.05) is 103 Å². The van der Waals surface area contributed by atoms with Crippen molar-refractivity contribution in [2.24, 2.45) is 0 Å². The molecular weight excluding hydrogens is 668 g/mol. The Labute approximate surface area is 161 Å². The molecule has 0 aromatic heterocycles. The summed E-state index contributed by atoms with van der Waals surface area (Å²) in [6.07, 6.45) is 8.03. The number of halogens is 4. The molecule has 1 nitrogen and oxygen atoms in total. The molecule has 5 heteroatoms. The van der Waals surface area contributed by atoms with Crippen LogP contribution in [0.15, 0.2) is 0 Å². The van der Waals surface area contributed by atoms with E-state index in [0.29, 0.717) is 7.85 Å². The third-order valence-corrected chi connectivity index (χ3v) is 5.89. The molecule has 0 heterocycles. The normalized spacial score (nSPS) is 14.8. The van der Waals surface area contributed by atoms with Gasteiger partial charge in [0, 0.05) is 7.85 Å². The van der Waals surface area contributed by atoms with Gasteiger partial charge in [-0.25, -0.2) is 0 Å². The minimum atomic E-state index is 0.702. The monoisotopic (exact) mass is 690 g/mol. The minimum Gasteiger partial charge on any atom is -0.379 e. The van der Waals surface area contributed by atoms with Crippen LogP contribution in [-0.4, -0.2) is 29.9 Å². The van der Waals surface area contributed by atoms with Gasteiger partial charge in [-0.3, -0.25) is 0 Å². The maximum absolute atomic E-state index is 5.80. The fourth-order valence-electron chi connectivity index (χ4n) is 1.41. The standard InChI is InChI=1S/C12H22I4O/c13-7-3-1-5-11(15)9-17-10-12(16)6-2-4-8-14/h11-12H,1-10H2. The number of alkyl halides is 4. The molecule has 104 valence electrons. The molecule has 0 bridgehead atoms. The van der Waals surface area contributed by atoms with Gasteiger partial charge in [0.15, 0.2) is 0 Å². The van der Waals surface area contributed by atoms with Crippen molar-refractivity contribution >= 4 is 90.4 Å². The van der Waals surface area contributed by atoms with Crippen LogP contribution in [0.25, 0.3) is 0 Å². The average Bonchev–Trinajstić information content (AvgIpc) is 2.30. The predicted molar refractivity (Wildman–Crippen MR) is 112 cm³/mol. The zero-order valence-electron chi connectivity index (χ0n) is 10.1. The SMILES string of the molecule is ICCCCC(I)COCC(I)CCCCI. The lowest BCUT2D eigenvalue weighted by Crippen LogP contribution is -2.14. The predicted octanol–water partition coefficient (Wildman–Crippen LogP) is 5.82. The molecule has 2 atom stereocenters. The van der Waals surface area contributed by atoms with Crippen LogP contribution in [0.2, 0.25) is 0 Å². The topological polar surface area (TPSA) is 9.23 Å². The van der Waals surface area contributed by atoms with Crippen LogP contribution in [0.4, 0.5) is 0 Å². The minimum absolute atomic E-state index is 0.702. The number of hydrogen-bond acceptors (Lipinski definition) is 1.